The second-order valence-electron chi connectivity index (χ2n) is 6.53. The lowest BCUT2D eigenvalue weighted by atomic mass is 10.2. The second-order valence-corrected chi connectivity index (χ2v) is 6.53. The maximum atomic E-state index is 11.8. The van der Waals surface area contributed by atoms with E-state index in [1.54, 1.807) is 27.8 Å². The standard InChI is InChI=1S/C15H26N4O4/c1-10(17-13(21)23-15(2,3)4)7-8-16-11-9-12(20)19(6)14(22)18(11)5/h9-10,16H,7-8H2,1-6H3,(H,17,21)/t10-/m0/s1. The summed E-state index contributed by atoms with van der Waals surface area (Å²) in [6.45, 7) is 7.76. The van der Waals surface area contributed by atoms with E-state index in [1.165, 1.54) is 17.7 Å². The fourth-order valence-corrected chi connectivity index (χ4v) is 1.90. The molecule has 0 bridgehead atoms. The molecule has 0 aliphatic carbocycles. The van der Waals surface area contributed by atoms with Gasteiger partial charge in [0.05, 0.1) is 0 Å². The van der Waals surface area contributed by atoms with E-state index in [9.17, 15) is 14.4 Å². The van der Waals surface area contributed by atoms with Gasteiger partial charge in [-0.15, -0.1) is 0 Å². The Morgan fingerprint density at radius 1 is 1.26 bits per heavy atom. The van der Waals surface area contributed by atoms with Crippen molar-refractivity contribution in [2.24, 2.45) is 14.1 Å². The van der Waals surface area contributed by atoms with Gasteiger partial charge in [0.25, 0.3) is 5.56 Å². The number of nitrogens with zero attached hydrogens (tertiary/aromatic N) is 2. The number of carbonyl (C=O) groups is 1. The lowest BCUT2D eigenvalue weighted by Crippen LogP contribution is -2.39. The van der Waals surface area contributed by atoms with Crippen LogP contribution in [0.3, 0.4) is 0 Å². The molecule has 0 spiro atoms. The first-order valence-corrected chi connectivity index (χ1v) is 7.51. The highest BCUT2D eigenvalue weighted by Gasteiger charge is 2.17. The van der Waals surface area contributed by atoms with Gasteiger partial charge in [-0.05, 0) is 34.1 Å². The summed E-state index contributed by atoms with van der Waals surface area (Å²) in [5.41, 5.74) is -1.29. The Labute approximate surface area is 135 Å². The smallest absolute Gasteiger partial charge is 0.407 e. The van der Waals surface area contributed by atoms with E-state index < -0.39 is 11.7 Å². The molecule has 1 atom stereocenters. The maximum absolute atomic E-state index is 11.8. The third-order valence-corrected chi connectivity index (χ3v) is 3.17. The van der Waals surface area contributed by atoms with Gasteiger partial charge in [0.1, 0.15) is 11.4 Å². The molecular weight excluding hydrogens is 300 g/mol. The Morgan fingerprint density at radius 3 is 2.43 bits per heavy atom. The summed E-state index contributed by atoms with van der Waals surface area (Å²) in [7, 11) is 3.02. The van der Waals surface area contributed by atoms with Gasteiger partial charge < -0.3 is 15.4 Å². The minimum Gasteiger partial charge on any atom is -0.444 e. The van der Waals surface area contributed by atoms with E-state index in [0.717, 1.165) is 4.57 Å². The Balaban J connectivity index is 2.53. The Morgan fingerprint density at radius 2 is 1.87 bits per heavy atom. The van der Waals surface area contributed by atoms with Gasteiger partial charge in [-0.2, -0.15) is 0 Å². The third-order valence-electron chi connectivity index (χ3n) is 3.17. The molecule has 8 heteroatoms. The average molecular weight is 326 g/mol. The molecule has 0 aromatic carbocycles. The van der Waals surface area contributed by atoms with Crippen molar-refractivity contribution >= 4 is 11.9 Å². The van der Waals surface area contributed by atoms with Crippen molar-refractivity contribution in [3.8, 4) is 0 Å². The maximum Gasteiger partial charge on any atom is 0.407 e. The first kappa shape index (κ1) is 18.8. The molecule has 23 heavy (non-hydrogen) atoms. The predicted octanol–water partition coefficient (Wildman–Crippen LogP) is 0.799. The lowest BCUT2D eigenvalue weighted by molar-refractivity contribution is 0.0507. The number of alkyl carbamates (subject to hydrolysis) is 1. The molecule has 1 rings (SSSR count). The van der Waals surface area contributed by atoms with Crippen LogP contribution in [-0.4, -0.2) is 33.4 Å². The molecule has 8 nitrogen and oxygen atoms in total. The number of anilines is 1. The monoisotopic (exact) mass is 326 g/mol. The summed E-state index contributed by atoms with van der Waals surface area (Å²) in [6, 6.07) is 1.26. The summed E-state index contributed by atoms with van der Waals surface area (Å²) in [4.78, 5) is 35.1. The topological polar surface area (TPSA) is 94.4 Å². The molecule has 0 aliphatic heterocycles. The third kappa shape index (κ3) is 5.80. The van der Waals surface area contributed by atoms with E-state index in [1.807, 2.05) is 6.92 Å². The molecule has 0 aliphatic rings. The normalized spacial score (nSPS) is 12.6. The Bertz CT molecular complexity index is 670. The molecule has 130 valence electrons. The number of nitrogens with one attached hydrogen (secondary N) is 2. The minimum atomic E-state index is -0.537. The number of ether oxygens (including phenoxy) is 1. The van der Waals surface area contributed by atoms with Crippen molar-refractivity contribution in [3.05, 3.63) is 26.9 Å². The zero-order valence-corrected chi connectivity index (χ0v) is 14.6. The first-order valence-electron chi connectivity index (χ1n) is 7.51. The van der Waals surface area contributed by atoms with Gasteiger partial charge in [-0.1, -0.05) is 0 Å². The van der Waals surface area contributed by atoms with Crippen molar-refractivity contribution in [1.82, 2.24) is 14.5 Å². The van der Waals surface area contributed by atoms with Crippen LogP contribution in [-0.2, 0) is 18.8 Å². The molecule has 0 saturated heterocycles. The predicted molar refractivity (Wildman–Crippen MR) is 88.9 cm³/mol. The molecular formula is C15H26N4O4. The van der Waals surface area contributed by atoms with Crippen LogP contribution in [0.5, 0.6) is 0 Å². The fraction of sp³-hybridized carbons (Fsp3) is 0.667. The second kappa shape index (κ2) is 7.34. The number of hydrogen-bond donors (Lipinski definition) is 2. The summed E-state index contributed by atoms with van der Waals surface area (Å²) in [5, 5.41) is 5.77. The zero-order chi connectivity index (χ0) is 17.8. The van der Waals surface area contributed by atoms with Crippen molar-refractivity contribution < 1.29 is 9.53 Å². The number of carbonyl (C=O) groups excluding carboxylic acids is 1. The van der Waals surface area contributed by atoms with Crippen LogP contribution in [0.25, 0.3) is 0 Å². The van der Waals surface area contributed by atoms with Crippen LogP contribution in [0, 0.1) is 0 Å². The number of hydrogen-bond acceptors (Lipinski definition) is 5. The van der Waals surface area contributed by atoms with Crippen LogP contribution in [0.15, 0.2) is 15.7 Å². The van der Waals surface area contributed by atoms with Gasteiger partial charge in [-0.25, -0.2) is 9.59 Å². The molecule has 0 unspecified atom stereocenters. The number of amides is 1. The van der Waals surface area contributed by atoms with E-state index in [4.69, 9.17) is 4.74 Å². The zero-order valence-electron chi connectivity index (χ0n) is 14.6. The molecule has 1 aromatic heterocycles. The van der Waals surface area contributed by atoms with E-state index in [0.29, 0.717) is 18.8 Å². The van der Waals surface area contributed by atoms with Crippen LogP contribution in [0.1, 0.15) is 34.1 Å². The Kier molecular flexibility index (Phi) is 6.00. The summed E-state index contributed by atoms with van der Waals surface area (Å²) < 4.78 is 7.58. The van der Waals surface area contributed by atoms with Crippen molar-refractivity contribution in [1.29, 1.82) is 0 Å². The van der Waals surface area contributed by atoms with Crippen molar-refractivity contribution in [2.45, 2.75) is 45.8 Å². The molecule has 1 heterocycles. The van der Waals surface area contributed by atoms with Crippen molar-refractivity contribution in [3.63, 3.8) is 0 Å². The van der Waals surface area contributed by atoms with E-state index in [-0.39, 0.29) is 17.3 Å². The number of rotatable bonds is 5. The van der Waals surface area contributed by atoms with E-state index >= 15 is 0 Å². The van der Waals surface area contributed by atoms with Gasteiger partial charge in [-0.3, -0.25) is 13.9 Å². The Hall–Kier alpha value is -2.25. The van der Waals surface area contributed by atoms with Crippen LogP contribution in [0.2, 0.25) is 0 Å². The van der Waals surface area contributed by atoms with Gasteiger partial charge >= 0.3 is 11.8 Å². The summed E-state index contributed by atoms with van der Waals surface area (Å²) in [6.07, 6.45) is 0.147. The molecule has 0 radical (unpaired) electrons. The lowest BCUT2D eigenvalue weighted by Gasteiger charge is -2.22. The molecule has 0 saturated carbocycles. The summed E-state index contributed by atoms with van der Waals surface area (Å²) >= 11 is 0. The minimum absolute atomic E-state index is 0.110. The highest BCUT2D eigenvalue weighted by molar-refractivity contribution is 5.68. The van der Waals surface area contributed by atoms with Gasteiger partial charge in [0.2, 0.25) is 0 Å². The first-order chi connectivity index (χ1) is 10.5. The van der Waals surface area contributed by atoms with Crippen LogP contribution >= 0.6 is 0 Å². The molecule has 2 N–H and O–H groups in total. The largest absolute Gasteiger partial charge is 0.444 e. The average Bonchev–Trinajstić information content (AvgIpc) is 2.39. The fourth-order valence-electron chi connectivity index (χ4n) is 1.90. The van der Waals surface area contributed by atoms with Gasteiger partial charge in [0, 0.05) is 32.7 Å². The highest BCUT2D eigenvalue weighted by Crippen LogP contribution is 2.07. The van der Waals surface area contributed by atoms with Gasteiger partial charge in [0.15, 0.2) is 0 Å². The molecule has 1 aromatic rings. The molecule has 0 fully saturated rings. The van der Waals surface area contributed by atoms with Crippen molar-refractivity contribution in [2.75, 3.05) is 11.9 Å². The quantitative estimate of drug-likeness (QED) is 0.834. The SMILES string of the molecule is C[C@@H](CCNc1cc(=O)n(C)c(=O)n1C)NC(=O)OC(C)(C)C. The van der Waals surface area contributed by atoms with Crippen LogP contribution < -0.4 is 21.9 Å². The van der Waals surface area contributed by atoms with E-state index in [2.05, 4.69) is 10.6 Å². The summed E-state index contributed by atoms with van der Waals surface area (Å²) in [5.74, 6) is 0.447. The molecule has 1 amide bonds. The number of aromatic nitrogens is 2. The van der Waals surface area contributed by atoms with Crippen LogP contribution in [0.4, 0.5) is 10.6 Å². The highest BCUT2D eigenvalue weighted by atomic mass is 16.6.